The van der Waals surface area contributed by atoms with Crippen LogP contribution in [-0.2, 0) is 6.54 Å². The van der Waals surface area contributed by atoms with Crippen molar-refractivity contribution < 1.29 is 13.7 Å². The molecule has 3 N–H and O–H groups in total. The fourth-order valence-electron chi connectivity index (χ4n) is 1.58. The number of nitrogens with one attached hydrogen (secondary N) is 1. The molecular weight excluding hydrogens is 275 g/mol. The number of nitrogens with zero attached hydrogens (tertiary/aromatic N) is 2. The van der Waals surface area contributed by atoms with Crippen molar-refractivity contribution in [2.24, 2.45) is 5.73 Å². The van der Waals surface area contributed by atoms with E-state index >= 15 is 0 Å². The van der Waals surface area contributed by atoms with Crippen LogP contribution in [0.3, 0.4) is 0 Å². The Balaban J connectivity index is 2.04. The summed E-state index contributed by atoms with van der Waals surface area (Å²) in [6.45, 7) is 1.90. The molecule has 1 amide bonds. The number of nitrogens with two attached hydrogens (primary N) is 1. The molecule has 0 spiro atoms. The predicted octanol–water partition coefficient (Wildman–Crippen LogP) is 0.757. The SMILES string of the molecule is Cc1nc(CNC(=O)c2ccc(C#CCN)c(F)c2)no1. The van der Waals surface area contributed by atoms with Crippen LogP contribution in [0.5, 0.6) is 0 Å². The summed E-state index contributed by atoms with van der Waals surface area (Å²) in [4.78, 5) is 15.8. The largest absolute Gasteiger partial charge is 0.345 e. The molecule has 0 saturated heterocycles. The number of carbonyl (C=O) groups is 1. The smallest absolute Gasteiger partial charge is 0.251 e. The van der Waals surface area contributed by atoms with Crippen molar-refractivity contribution >= 4 is 5.91 Å². The average molecular weight is 288 g/mol. The summed E-state index contributed by atoms with van der Waals surface area (Å²) in [5.74, 6) is 4.90. The number of halogens is 1. The molecule has 0 unspecified atom stereocenters. The molecule has 6 nitrogen and oxygen atoms in total. The monoisotopic (exact) mass is 288 g/mol. The third kappa shape index (κ3) is 3.87. The van der Waals surface area contributed by atoms with Crippen molar-refractivity contribution in [1.82, 2.24) is 15.5 Å². The van der Waals surface area contributed by atoms with Gasteiger partial charge in [0.05, 0.1) is 18.7 Å². The van der Waals surface area contributed by atoms with Crippen LogP contribution in [0, 0.1) is 24.6 Å². The third-order valence-electron chi connectivity index (χ3n) is 2.53. The molecule has 0 bridgehead atoms. The molecule has 0 radical (unpaired) electrons. The van der Waals surface area contributed by atoms with Gasteiger partial charge < -0.3 is 15.6 Å². The number of rotatable bonds is 3. The van der Waals surface area contributed by atoms with E-state index < -0.39 is 11.7 Å². The topological polar surface area (TPSA) is 94.0 Å². The van der Waals surface area contributed by atoms with E-state index in [2.05, 4.69) is 27.3 Å². The number of aromatic nitrogens is 2. The summed E-state index contributed by atoms with van der Waals surface area (Å²) in [5.41, 5.74) is 5.61. The van der Waals surface area contributed by atoms with Gasteiger partial charge in [0, 0.05) is 12.5 Å². The van der Waals surface area contributed by atoms with Crippen molar-refractivity contribution in [3.63, 3.8) is 0 Å². The van der Waals surface area contributed by atoms with Crippen LogP contribution < -0.4 is 11.1 Å². The first-order valence-electron chi connectivity index (χ1n) is 6.16. The van der Waals surface area contributed by atoms with Crippen LogP contribution in [0.25, 0.3) is 0 Å². The number of hydrogen-bond donors (Lipinski definition) is 2. The maximum atomic E-state index is 13.7. The highest BCUT2D eigenvalue weighted by molar-refractivity contribution is 5.94. The van der Waals surface area contributed by atoms with Crippen molar-refractivity contribution in [2.75, 3.05) is 6.54 Å². The van der Waals surface area contributed by atoms with Gasteiger partial charge in [0.15, 0.2) is 5.82 Å². The summed E-state index contributed by atoms with van der Waals surface area (Å²) in [7, 11) is 0. The Morgan fingerprint density at radius 2 is 2.33 bits per heavy atom. The van der Waals surface area contributed by atoms with E-state index in [4.69, 9.17) is 10.3 Å². The molecule has 0 aliphatic carbocycles. The number of hydrogen-bond acceptors (Lipinski definition) is 5. The van der Waals surface area contributed by atoms with E-state index in [0.717, 1.165) is 6.07 Å². The molecule has 7 heteroatoms. The molecule has 2 aromatic rings. The second-order valence-corrected chi connectivity index (χ2v) is 4.11. The minimum absolute atomic E-state index is 0.104. The Bertz CT molecular complexity index is 715. The molecule has 0 aliphatic rings. The molecule has 0 aliphatic heterocycles. The average Bonchev–Trinajstić information content (AvgIpc) is 2.89. The van der Waals surface area contributed by atoms with E-state index in [9.17, 15) is 9.18 Å². The van der Waals surface area contributed by atoms with Crippen LogP contribution >= 0.6 is 0 Å². The summed E-state index contributed by atoms with van der Waals surface area (Å²) in [6.07, 6.45) is 0. The minimum Gasteiger partial charge on any atom is -0.345 e. The predicted molar refractivity (Wildman–Crippen MR) is 72.5 cm³/mol. The maximum Gasteiger partial charge on any atom is 0.251 e. The lowest BCUT2D eigenvalue weighted by Crippen LogP contribution is -2.23. The number of benzene rings is 1. The van der Waals surface area contributed by atoms with Crippen molar-refractivity contribution in [1.29, 1.82) is 0 Å². The van der Waals surface area contributed by atoms with Gasteiger partial charge in [-0.3, -0.25) is 4.79 Å². The van der Waals surface area contributed by atoms with Gasteiger partial charge >= 0.3 is 0 Å². The van der Waals surface area contributed by atoms with Gasteiger partial charge in [-0.15, -0.1) is 0 Å². The molecule has 0 saturated carbocycles. The molecule has 108 valence electrons. The van der Waals surface area contributed by atoms with E-state index in [1.54, 1.807) is 6.92 Å². The highest BCUT2D eigenvalue weighted by Crippen LogP contribution is 2.09. The minimum atomic E-state index is -0.570. The fraction of sp³-hybridized carbons (Fsp3) is 0.214. The van der Waals surface area contributed by atoms with Gasteiger partial charge in [-0.2, -0.15) is 4.98 Å². The molecular formula is C14H13FN4O2. The summed E-state index contributed by atoms with van der Waals surface area (Å²) >= 11 is 0. The Labute approximate surface area is 120 Å². The normalized spacial score (nSPS) is 9.86. The zero-order valence-electron chi connectivity index (χ0n) is 11.3. The Morgan fingerprint density at radius 1 is 1.52 bits per heavy atom. The first kappa shape index (κ1) is 14.7. The molecule has 2 rings (SSSR count). The standard InChI is InChI=1S/C14H13FN4O2/c1-9-18-13(19-21-9)8-17-14(20)11-5-4-10(3-2-6-16)12(15)7-11/h4-5,7H,6,8,16H2,1H3,(H,17,20). The lowest BCUT2D eigenvalue weighted by atomic mass is 10.1. The fourth-order valence-corrected chi connectivity index (χ4v) is 1.58. The highest BCUT2D eigenvalue weighted by atomic mass is 19.1. The first-order chi connectivity index (χ1) is 10.1. The highest BCUT2D eigenvalue weighted by Gasteiger charge is 2.10. The van der Waals surface area contributed by atoms with E-state index in [0.29, 0.717) is 11.7 Å². The summed E-state index contributed by atoms with van der Waals surface area (Å²) in [6, 6.07) is 4.04. The van der Waals surface area contributed by atoms with Crippen LogP contribution in [0.4, 0.5) is 4.39 Å². The number of aryl methyl sites for hydroxylation is 1. The molecule has 1 heterocycles. The Hall–Kier alpha value is -2.72. The maximum absolute atomic E-state index is 13.7. The molecule has 1 aromatic carbocycles. The van der Waals surface area contributed by atoms with E-state index in [-0.39, 0.29) is 24.2 Å². The van der Waals surface area contributed by atoms with Crippen LogP contribution in [0.2, 0.25) is 0 Å². The van der Waals surface area contributed by atoms with Gasteiger partial charge in [-0.05, 0) is 18.2 Å². The van der Waals surface area contributed by atoms with Gasteiger partial charge in [0.2, 0.25) is 5.89 Å². The Kier molecular flexibility index (Phi) is 4.64. The number of carbonyl (C=O) groups excluding carboxylic acids is 1. The molecule has 0 fully saturated rings. The van der Waals surface area contributed by atoms with E-state index in [1.165, 1.54) is 12.1 Å². The van der Waals surface area contributed by atoms with Crippen molar-refractivity contribution in [3.8, 4) is 11.8 Å². The summed E-state index contributed by atoms with van der Waals surface area (Å²) < 4.78 is 18.5. The molecule has 21 heavy (non-hydrogen) atoms. The molecule has 1 aromatic heterocycles. The van der Waals surface area contributed by atoms with Gasteiger partial charge in [0.25, 0.3) is 5.91 Å². The molecule has 0 atom stereocenters. The lowest BCUT2D eigenvalue weighted by molar-refractivity contribution is 0.0949. The first-order valence-corrected chi connectivity index (χ1v) is 6.16. The zero-order valence-corrected chi connectivity index (χ0v) is 11.3. The van der Waals surface area contributed by atoms with Crippen LogP contribution in [0.15, 0.2) is 22.7 Å². The second kappa shape index (κ2) is 6.63. The third-order valence-corrected chi connectivity index (χ3v) is 2.53. The van der Waals surface area contributed by atoms with Gasteiger partial charge in [0.1, 0.15) is 5.82 Å². The number of amides is 1. The summed E-state index contributed by atoms with van der Waals surface area (Å²) in [5, 5.41) is 6.21. The van der Waals surface area contributed by atoms with Crippen molar-refractivity contribution in [3.05, 3.63) is 46.9 Å². The van der Waals surface area contributed by atoms with E-state index in [1.807, 2.05) is 0 Å². The van der Waals surface area contributed by atoms with Gasteiger partial charge in [-0.25, -0.2) is 4.39 Å². The quantitative estimate of drug-likeness (QED) is 0.813. The van der Waals surface area contributed by atoms with Crippen LogP contribution in [-0.4, -0.2) is 22.6 Å². The van der Waals surface area contributed by atoms with Crippen LogP contribution in [0.1, 0.15) is 27.6 Å². The van der Waals surface area contributed by atoms with Gasteiger partial charge in [-0.1, -0.05) is 17.0 Å². The Morgan fingerprint density at radius 3 is 2.95 bits per heavy atom. The lowest BCUT2D eigenvalue weighted by Gasteiger charge is -2.03. The van der Waals surface area contributed by atoms with Crippen molar-refractivity contribution in [2.45, 2.75) is 13.5 Å². The zero-order chi connectivity index (χ0) is 15.2. The second-order valence-electron chi connectivity index (χ2n) is 4.11.